The summed E-state index contributed by atoms with van der Waals surface area (Å²) in [5.74, 6) is 0.758. The first kappa shape index (κ1) is 13.5. The van der Waals surface area contributed by atoms with E-state index >= 15 is 0 Å². The maximum Gasteiger partial charge on any atom is 0.191 e. The van der Waals surface area contributed by atoms with Crippen LogP contribution in [0.2, 0.25) is 0 Å². The Morgan fingerprint density at radius 2 is 2.21 bits per heavy atom. The Balaban J connectivity index is 1.82. The Labute approximate surface area is 116 Å². The van der Waals surface area contributed by atoms with Crippen LogP contribution >= 0.6 is 11.3 Å². The van der Waals surface area contributed by atoms with Gasteiger partial charge >= 0.3 is 0 Å². The molecule has 0 bridgehead atoms. The molecule has 7 heteroatoms. The van der Waals surface area contributed by atoms with Crippen molar-refractivity contribution in [1.82, 2.24) is 25.4 Å². The third-order valence-electron chi connectivity index (χ3n) is 2.66. The summed E-state index contributed by atoms with van der Waals surface area (Å²) < 4.78 is 1.84. The largest absolute Gasteiger partial charge is 0.351 e. The molecule has 2 rings (SSSR count). The van der Waals surface area contributed by atoms with E-state index in [4.69, 9.17) is 0 Å². The minimum Gasteiger partial charge on any atom is -0.351 e. The molecule has 102 valence electrons. The zero-order chi connectivity index (χ0) is 13.7. The molecule has 0 saturated carbocycles. The highest BCUT2D eigenvalue weighted by atomic mass is 32.1. The molecule has 2 aromatic rings. The molecule has 0 radical (unpaired) electrons. The Hall–Kier alpha value is -1.89. The molecule has 2 aromatic heterocycles. The fourth-order valence-corrected chi connectivity index (χ4v) is 2.32. The van der Waals surface area contributed by atoms with Gasteiger partial charge in [0, 0.05) is 31.4 Å². The molecule has 2 N–H and O–H groups in total. The molecule has 0 spiro atoms. The zero-order valence-corrected chi connectivity index (χ0v) is 12.2. The first-order valence-corrected chi connectivity index (χ1v) is 6.89. The Morgan fingerprint density at radius 1 is 1.42 bits per heavy atom. The van der Waals surface area contributed by atoms with Gasteiger partial charge in [-0.1, -0.05) is 0 Å². The fraction of sp³-hybridized carbons (Fsp3) is 0.417. The van der Waals surface area contributed by atoms with Crippen molar-refractivity contribution in [2.45, 2.75) is 20.0 Å². The summed E-state index contributed by atoms with van der Waals surface area (Å²) in [5.41, 5.74) is 2.16. The molecule has 19 heavy (non-hydrogen) atoms. The van der Waals surface area contributed by atoms with Crippen molar-refractivity contribution in [3.63, 3.8) is 0 Å². The van der Waals surface area contributed by atoms with Crippen LogP contribution in [0.3, 0.4) is 0 Å². The molecular weight excluding hydrogens is 260 g/mol. The van der Waals surface area contributed by atoms with Crippen molar-refractivity contribution >= 4 is 17.3 Å². The molecule has 0 aromatic carbocycles. The lowest BCUT2D eigenvalue weighted by atomic mass is 10.4. The SMILES string of the molecule is CN=C(NCc1nc(C)cs1)NCc1ccnn1C. The average molecular weight is 278 g/mol. The number of rotatable bonds is 4. The van der Waals surface area contributed by atoms with Crippen LogP contribution in [0.25, 0.3) is 0 Å². The number of aromatic nitrogens is 3. The van der Waals surface area contributed by atoms with E-state index in [0.717, 1.165) is 22.4 Å². The molecule has 0 aliphatic rings. The zero-order valence-electron chi connectivity index (χ0n) is 11.3. The van der Waals surface area contributed by atoms with E-state index in [9.17, 15) is 0 Å². The van der Waals surface area contributed by atoms with E-state index in [-0.39, 0.29) is 0 Å². The van der Waals surface area contributed by atoms with Gasteiger partial charge in [0.1, 0.15) is 5.01 Å². The van der Waals surface area contributed by atoms with Gasteiger partial charge in [-0.2, -0.15) is 5.10 Å². The van der Waals surface area contributed by atoms with Gasteiger partial charge in [0.25, 0.3) is 0 Å². The van der Waals surface area contributed by atoms with Crippen LogP contribution in [0, 0.1) is 6.92 Å². The summed E-state index contributed by atoms with van der Waals surface area (Å²) in [6.45, 7) is 3.37. The summed E-state index contributed by atoms with van der Waals surface area (Å²) in [6.07, 6.45) is 1.78. The number of hydrogen-bond donors (Lipinski definition) is 2. The summed E-state index contributed by atoms with van der Waals surface area (Å²) in [7, 11) is 3.68. The highest BCUT2D eigenvalue weighted by Crippen LogP contribution is 2.07. The van der Waals surface area contributed by atoms with Crippen LogP contribution in [0.15, 0.2) is 22.6 Å². The van der Waals surface area contributed by atoms with Gasteiger partial charge < -0.3 is 10.6 Å². The molecule has 6 nitrogen and oxygen atoms in total. The van der Waals surface area contributed by atoms with E-state index in [2.05, 4.69) is 25.7 Å². The highest BCUT2D eigenvalue weighted by molar-refractivity contribution is 7.09. The normalized spacial score (nSPS) is 11.6. The first-order chi connectivity index (χ1) is 9.19. The predicted molar refractivity (Wildman–Crippen MR) is 77.1 cm³/mol. The number of hydrogen-bond acceptors (Lipinski definition) is 4. The number of nitrogens with one attached hydrogen (secondary N) is 2. The lowest BCUT2D eigenvalue weighted by molar-refractivity contribution is 0.684. The topological polar surface area (TPSA) is 67.1 Å². The molecule has 0 atom stereocenters. The van der Waals surface area contributed by atoms with Crippen LogP contribution in [0.4, 0.5) is 0 Å². The van der Waals surface area contributed by atoms with Crippen LogP contribution < -0.4 is 10.6 Å². The minimum absolute atomic E-state index is 0.684. The van der Waals surface area contributed by atoms with Crippen LogP contribution in [-0.2, 0) is 20.1 Å². The standard InChI is InChI=1S/C12H18N6S/c1-9-8-19-11(17-9)7-15-12(13-2)14-6-10-4-5-16-18(10)3/h4-5,8H,6-7H2,1-3H3,(H2,13,14,15). The maximum atomic E-state index is 4.40. The monoisotopic (exact) mass is 278 g/mol. The van der Waals surface area contributed by atoms with Crippen LogP contribution in [0.1, 0.15) is 16.4 Å². The Morgan fingerprint density at radius 3 is 2.79 bits per heavy atom. The van der Waals surface area contributed by atoms with Gasteiger partial charge in [-0.25, -0.2) is 4.98 Å². The fourth-order valence-electron chi connectivity index (χ4n) is 1.61. The molecule has 0 unspecified atom stereocenters. The van der Waals surface area contributed by atoms with Gasteiger partial charge in [-0.15, -0.1) is 11.3 Å². The quantitative estimate of drug-likeness (QED) is 0.648. The second-order valence-corrected chi connectivity index (χ2v) is 5.05. The second kappa shape index (κ2) is 6.33. The van der Waals surface area contributed by atoms with Crippen molar-refractivity contribution in [3.05, 3.63) is 34.0 Å². The van der Waals surface area contributed by atoms with E-state index in [1.807, 2.05) is 30.1 Å². The molecular formula is C12H18N6S. The van der Waals surface area contributed by atoms with Gasteiger partial charge in [-0.3, -0.25) is 9.67 Å². The molecule has 0 aliphatic heterocycles. The Bertz CT molecular complexity index is 556. The van der Waals surface area contributed by atoms with Crippen molar-refractivity contribution in [3.8, 4) is 0 Å². The minimum atomic E-state index is 0.684. The van der Waals surface area contributed by atoms with Crippen molar-refractivity contribution in [2.75, 3.05) is 7.05 Å². The molecule has 2 heterocycles. The smallest absolute Gasteiger partial charge is 0.191 e. The van der Waals surface area contributed by atoms with Crippen LogP contribution in [-0.4, -0.2) is 27.8 Å². The predicted octanol–water partition coefficient (Wildman–Crippen LogP) is 1.05. The average Bonchev–Trinajstić information content (AvgIpc) is 2.99. The van der Waals surface area contributed by atoms with Gasteiger partial charge in [0.15, 0.2) is 5.96 Å². The number of aryl methyl sites for hydroxylation is 2. The summed E-state index contributed by atoms with van der Waals surface area (Å²) in [4.78, 5) is 8.58. The lowest BCUT2D eigenvalue weighted by Gasteiger charge is -2.10. The lowest BCUT2D eigenvalue weighted by Crippen LogP contribution is -2.36. The Kier molecular flexibility index (Phi) is 4.51. The van der Waals surface area contributed by atoms with Gasteiger partial charge in [0.05, 0.1) is 18.8 Å². The summed E-state index contributed by atoms with van der Waals surface area (Å²) >= 11 is 1.65. The van der Waals surface area contributed by atoms with E-state index in [1.54, 1.807) is 24.6 Å². The van der Waals surface area contributed by atoms with Crippen molar-refractivity contribution < 1.29 is 0 Å². The first-order valence-electron chi connectivity index (χ1n) is 6.01. The third kappa shape index (κ3) is 3.78. The number of thiazole rings is 1. The van der Waals surface area contributed by atoms with Crippen LogP contribution in [0.5, 0.6) is 0 Å². The van der Waals surface area contributed by atoms with E-state index in [0.29, 0.717) is 13.1 Å². The van der Waals surface area contributed by atoms with E-state index in [1.165, 1.54) is 0 Å². The summed E-state index contributed by atoms with van der Waals surface area (Å²) in [6, 6.07) is 1.98. The third-order valence-corrected chi connectivity index (χ3v) is 3.62. The van der Waals surface area contributed by atoms with Gasteiger partial charge in [-0.05, 0) is 13.0 Å². The number of nitrogens with zero attached hydrogens (tertiary/aromatic N) is 4. The highest BCUT2D eigenvalue weighted by Gasteiger charge is 2.03. The molecule has 0 fully saturated rings. The molecule has 0 saturated heterocycles. The maximum absolute atomic E-state index is 4.40. The molecule has 0 amide bonds. The number of guanidine groups is 1. The number of aliphatic imine (C=N–C) groups is 1. The summed E-state index contributed by atoms with van der Waals surface area (Å²) in [5, 5.41) is 13.7. The van der Waals surface area contributed by atoms with E-state index < -0.39 is 0 Å². The second-order valence-electron chi connectivity index (χ2n) is 4.11. The van der Waals surface area contributed by atoms with Crippen molar-refractivity contribution in [2.24, 2.45) is 12.0 Å². The molecule has 0 aliphatic carbocycles. The van der Waals surface area contributed by atoms with Gasteiger partial charge in [0.2, 0.25) is 0 Å². The van der Waals surface area contributed by atoms with Crippen molar-refractivity contribution in [1.29, 1.82) is 0 Å².